The van der Waals surface area contributed by atoms with Crippen molar-refractivity contribution in [2.45, 2.75) is 69.6 Å². The van der Waals surface area contributed by atoms with Crippen molar-refractivity contribution < 1.29 is 5.11 Å². The molecule has 0 radical (unpaired) electrons. The second-order valence-corrected chi connectivity index (χ2v) is 5.02. The van der Waals surface area contributed by atoms with Crippen LogP contribution in [0.4, 0.5) is 0 Å². The molecule has 2 heteroatoms. The van der Waals surface area contributed by atoms with Crippen LogP contribution in [0.3, 0.4) is 0 Å². The zero-order chi connectivity index (χ0) is 9.31. The fraction of sp³-hybridized carbons (Fsp3) is 1.00. The summed E-state index contributed by atoms with van der Waals surface area (Å²) >= 11 is 0. The molecule has 2 atom stereocenters. The normalized spacial score (nSPS) is 38.3. The maximum absolute atomic E-state index is 9.70. The van der Waals surface area contributed by atoms with Crippen LogP contribution in [0, 0.1) is 0 Å². The summed E-state index contributed by atoms with van der Waals surface area (Å²) in [7, 11) is 0. The summed E-state index contributed by atoms with van der Waals surface area (Å²) in [6.45, 7) is 2.31. The van der Waals surface area contributed by atoms with Crippen LogP contribution in [-0.4, -0.2) is 22.8 Å². The molecule has 2 nitrogen and oxygen atoms in total. The highest BCUT2D eigenvalue weighted by molar-refractivity contribution is 4.94. The summed E-state index contributed by atoms with van der Waals surface area (Å²) in [5, 5.41) is 13.4. The van der Waals surface area contributed by atoms with Gasteiger partial charge < -0.3 is 10.4 Å². The van der Waals surface area contributed by atoms with Crippen molar-refractivity contribution in [2.24, 2.45) is 0 Å². The molecule has 2 aliphatic carbocycles. The predicted octanol–water partition coefficient (Wildman–Crippen LogP) is 1.82. The van der Waals surface area contributed by atoms with Gasteiger partial charge in [0.05, 0.1) is 6.10 Å². The van der Waals surface area contributed by atoms with Crippen LogP contribution in [0.25, 0.3) is 0 Å². The molecule has 0 aromatic rings. The Bertz CT molecular complexity index is 175. The summed E-state index contributed by atoms with van der Waals surface area (Å²) in [5.74, 6) is 0. The molecule has 2 saturated carbocycles. The van der Waals surface area contributed by atoms with Gasteiger partial charge in [0.15, 0.2) is 0 Å². The van der Waals surface area contributed by atoms with Crippen LogP contribution in [0.1, 0.15) is 51.9 Å². The molecule has 0 amide bonds. The Morgan fingerprint density at radius 3 is 2.38 bits per heavy atom. The van der Waals surface area contributed by atoms with Gasteiger partial charge in [-0.2, -0.15) is 0 Å². The maximum Gasteiger partial charge on any atom is 0.0693 e. The average Bonchev–Trinajstić information content (AvgIpc) is 2.64. The van der Waals surface area contributed by atoms with Gasteiger partial charge in [-0.05, 0) is 39.0 Å². The van der Waals surface area contributed by atoms with Gasteiger partial charge in [0, 0.05) is 11.6 Å². The minimum atomic E-state index is -0.0857. The molecule has 2 rings (SSSR count). The summed E-state index contributed by atoms with van der Waals surface area (Å²) in [6.07, 6.45) is 8.54. The highest BCUT2D eigenvalue weighted by Gasteiger charge is 2.34. The first-order valence-corrected chi connectivity index (χ1v) is 5.65. The highest BCUT2D eigenvalue weighted by Crippen LogP contribution is 2.31. The average molecular weight is 183 g/mol. The minimum Gasteiger partial charge on any atom is -0.392 e. The van der Waals surface area contributed by atoms with Gasteiger partial charge in [-0.1, -0.05) is 12.8 Å². The van der Waals surface area contributed by atoms with E-state index in [1.165, 1.54) is 32.1 Å². The third kappa shape index (κ3) is 2.05. The monoisotopic (exact) mass is 183 g/mol. The largest absolute Gasteiger partial charge is 0.392 e. The van der Waals surface area contributed by atoms with Crippen LogP contribution in [0.5, 0.6) is 0 Å². The van der Waals surface area contributed by atoms with Crippen LogP contribution >= 0.6 is 0 Å². The summed E-state index contributed by atoms with van der Waals surface area (Å²) < 4.78 is 0. The Labute approximate surface area is 80.7 Å². The first kappa shape index (κ1) is 9.47. The van der Waals surface area contributed by atoms with Crippen LogP contribution in [0.15, 0.2) is 0 Å². The lowest BCUT2D eigenvalue weighted by atomic mass is 9.98. The summed E-state index contributed by atoms with van der Waals surface area (Å²) in [4.78, 5) is 0. The van der Waals surface area contributed by atoms with Gasteiger partial charge >= 0.3 is 0 Å². The quantitative estimate of drug-likeness (QED) is 0.684. The molecule has 2 aliphatic rings. The van der Waals surface area contributed by atoms with Gasteiger partial charge in [-0.15, -0.1) is 0 Å². The smallest absolute Gasteiger partial charge is 0.0693 e. The molecule has 0 spiro atoms. The van der Waals surface area contributed by atoms with E-state index in [1.54, 1.807) is 0 Å². The lowest BCUT2D eigenvalue weighted by Gasteiger charge is -2.31. The zero-order valence-electron chi connectivity index (χ0n) is 8.55. The van der Waals surface area contributed by atoms with E-state index in [0.717, 1.165) is 12.8 Å². The van der Waals surface area contributed by atoms with Crippen molar-refractivity contribution >= 4 is 0 Å². The topological polar surface area (TPSA) is 32.3 Å². The van der Waals surface area contributed by atoms with Gasteiger partial charge in [0.2, 0.25) is 0 Å². The van der Waals surface area contributed by atoms with Gasteiger partial charge in [0.1, 0.15) is 0 Å². The summed E-state index contributed by atoms with van der Waals surface area (Å²) in [6, 6.07) is 0.378. The van der Waals surface area contributed by atoms with Crippen molar-refractivity contribution in [3.63, 3.8) is 0 Å². The standard InChI is InChI=1S/C11H21NO/c1-11(7-2-3-8-11)12-9-5-4-6-10(9)13/h9-10,12-13H,2-8H2,1H3/t9-,10-/m1/s1. The predicted molar refractivity (Wildman–Crippen MR) is 53.7 cm³/mol. The molecule has 0 saturated heterocycles. The third-order valence-electron chi connectivity index (χ3n) is 3.72. The van der Waals surface area contributed by atoms with E-state index in [9.17, 15) is 5.11 Å². The van der Waals surface area contributed by atoms with E-state index in [1.807, 2.05) is 0 Å². The Kier molecular flexibility index (Phi) is 2.61. The molecule has 0 heterocycles. The zero-order valence-corrected chi connectivity index (χ0v) is 8.55. The van der Waals surface area contributed by atoms with Crippen LogP contribution in [0.2, 0.25) is 0 Å². The molecule has 0 aromatic carbocycles. The molecule has 2 N–H and O–H groups in total. The Balaban J connectivity index is 1.88. The molecule has 76 valence electrons. The van der Waals surface area contributed by atoms with Gasteiger partial charge in [-0.3, -0.25) is 0 Å². The molecular weight excluding hydrogens is 162 g/mol. The lowest BCUT2D eigenvalue weighted by Crippen LogP contribution is -2.49. The van der Waals surface area contributed by atoms with Crippen molar-refractivity contribution in [3.05, 3.63) is 0 Å². The summed E-state index contributed by atoms with van der Waals surface area (Å²) in [5.41, 5.74) is 0.329. The number of nitrogens with one attached hydrogen (secondary N) is 1. The van der Waals surface area contributed by atoms with E-state index < -0.39 is 0 Å². The lowest BCUT2D eigenvalue weighted by molar-refractivity contribution is 0.130. The van der Waals surface area contributed by atoms with E-state index in [4.69, 9.17) is 0 Å². The van der Waals surface area contributed by atoms with Gasteiger partial charge in [-0.25, -0.2) is 0 Å². The number of aliphatic hydroxyl groups is 1. The number of rotatable bonds is 2. The minimum absolute atomic E-state index is 0.0857. The Hall–Kier alpha value is -0.0800. The number of hydrogen-bond acceptors (Lipinski definition) is 2. The maximum atomic E-state index is 9.70. The van der Waals surface area contributed by atoms with Crippen LogP contribution < -0.4 is 5.32 Å². The van der Waals surface area contributed by atoms with Crippen molar-refractivity contribution in [2.75, 3.05) is 0 Å². The van der Waals surface area contributed by atoms with E-state index in [-0.39, 0.29) is 6.10 Å². The Morgan fingerprint density at radius 2 is 1.85 bits per heavy atom. The first-order valence-electron chi connectivity index (χ1n) is 5.65. The van der Waals surface area contributed by atoms with Crippen LogP contribution in [-0.2, 0) is 0 Å². The van der Waals surface area contributed by atoms with Crippen molar-refractivity contribution in [3.8, 4) is 0 Å². The molecule has 0 aromatic heterocycles. The highest BCUT2D eigenvalue weighted by atomic mass is 16.3. The second-order valence-electron chi connectivity index (χ2n) is 5.02. The number of aliphatic hydroxyl groups excluding tert-OH is 1. The van der Waals surface area contributed by atoms with Gasteiger partial charge in [0.25, 0.3) is 0 Å². The fourth-order valence-electron chi connectivity index (χ4n) is 2.86. The Morgan fingerprint density at radius 1 is 1.15 bits per heavy atom. The molecule has 0 unspecified atom stereocenters. The van der Waals surface area contributed by atoms with E-state index >= 15 is 0 Å². The van der Waals surface area contributed by atoms with E-state index in [2.05, 4.69) is 12.2 Å². The third-order valence-corrected chi connectivity index (χ3v) is 3.72. The fourth-order valence-corrected chi connectivity index (χ4v) is 2.86. The van der Waals surface area contributed by atoms with E-state index in [0.29, 0.717) is 11.6 Å². The molecule has 0 bridgehead atoms. The molecule has 2 fully saturated rings. The van der Waals surface area contributed by atoms with Crippen molar-refractivity contribution in [1.29, 1.82) is 0 Å². The second kappa shape index (κ2) is 3.58. The van der Waals surface area contributed by atoms with Crippen molar-refractivity contribution in [1.82, 2.24) is 5.32 Å². The SMILES string of the molecule is CC1(N[C@@H]2CCC[C@H]2O)CCCC1. The number of hydrogen-bond donors (Lipinski definition) is 2. The molecular formula is C11H21NO. The molecule has 0 aliphatic heterocycles. The first-order chi connectivity index (χ1) is 6.20. The molecule has 13 heavy (non-hydrogen) atoms.